The molecule has 2 N–H and O–H groups in total. The van der Waals surface area contributed by atoms with Crippen LogP contribution in [0.4, 0.5) is 0 Å². The monoisotopic (exact) mass is 275 g/mol. The van der Waals surface area contributed by atoms with Crippen molar-refractivity contribution in [3.63, 3.8) is 0 Å². The van der Waals surface area contributed by atoms with Crippen LogP contribution in [0, 0.1) is 0 Å². The van der Waals surface area contributed by atoms with Gasteiger partial charge >= 0.3 is 0 Å². The van der Waals surface area contributed by atoms with Gasteiger partial charge in [0, 0.05) is 11.3 Å². The molecule has 0 saturated heterocycles. The van der Waals surface area contributed by atoms with Gasteiger partial charge in [0.05, 0.1) is 6.04 Å². The molecule has 6 nitrogen and oxygen atoms in total. The molecule has 1 heterocycles. The number of hydrogen-bond donors (Lipinski definition) is 1. The summed E-state index contributed by atoms with van der Waals surface area (Å²) in [6.07, 6.45) is 2.32. The summed E-state index contributed by atoms with van der Waals surface area (Å²) < 4.78 is 1.89. The van der Waals surface area contributed by atoms with Crippen molar-refractivity contribution in [1.29, 1.82) is 0 Å². The number of carbonyl (C=O) groups excluding carboxylic acids is 1. The Hall–Kier alpha value is -1.89. The van der Waals surface area contributed by atoms with Crippen molar-refractivity contribution >= 4 is 17.7 Å². The molecular weight excluding hydrogens is 262 g/mol. The van der Waals surface area contributed by atoms with E-state index in [2.05, 4.69) is 15.5 Å². The fourth-order valence-electron chi connectivity index (χ4n) is 1.74. The minimum absolute atomic E-state index is 0.406. The normalized spacial score (nSPS) is 14.5. The molecule has 1 saturated carbocycles. The highest BCUT2D eigenvalue weighted by Crippen LogP contribution is 2.36. The summed E-state index contributed by atoms with van der Waals surface area (Å²) in [6.45, 7) is 0. The number of amides is 1. The Morgan fingerprint density at radius 1 is 1.37 bits per heavy atom. The Morgan fingerprint density at radius 3 is 2.74 bits per heavy atom. The lowest BCUT2D eigenvalue weighted by molar-refractivity contribution is 0.100. The van der Waals surface area contributed by atoms with E-state index in [9.17, 15) is 4.79 Å². The standard InChI is InChI=1S/C12H13N5OS/c13-11(18)9-3-1-8(2-4-9)7-19-12-14-15-16-17(12)10-5-6-10/h1-4,10H,5-7H2,(H2,13,18). The maximum absolute atomic E-state index is 11.0. The van der Waals surface area contributed by atoms with E-state index in [1.807, 2.05) is 16.8 Å². The maximum Gasteiger partial charge on any atom is 0.248 e. The number of thioether (sulfide) groups is 1. The lowest BCUT2D eigenvalue weighted by Crippen LogP contribution is -2.10. The number of hydrogen-bond acceptors (Lipinski definition) is 5. The molecule has 1 amide bonds. The Bertz CT molecular complexity index is 590. The van der Waals surface area contributed by atoms with Crippen LogP contribution in [-0.4, -0.2) is 26.1 Å². The highest BCUT2D eigenvalue weighted by Gasteiger charge is 2.27. The van der Waals surface area contributed by atoms with Gasteiger partial charge in [-0.2, -0.15) is 0 Å². The number of aromatic nitrogens is 4. The van der Waals surface area contributed by atoms with E-state index in [1.54, 1.807) is 23.9 Å². The lowest BCUT2D eigenvalue weighted by Gasteiger charge is -2.03. The first kappa shape index (κ1) is 12.2. The SMILES string of the molecule is NC(=O)c1ccc(CSc2nnnn2C2CC2)cc1. The first-order chi connectivity index (χ1) is 9.24. The second-order valence-corrected chi connectivity index (χ2v) is 5.43. The van der Waals surface area contributed by atoms with Gasteiger partial charge in [-0.25, -0.2) is 4.68 Å². The van der Waals surface area contributed by atoms with Crippen LogP contribution in [0.15, 0.2) is 29.4 Å². The molecule has 0 atom stereocenters. The molecule has 0 aliphatic heterocycles. The molecule has 19 heavy (non-hydrogen) atoms. The average molecular weight is 275 g/mol. The van der Waals surface area contributed by atoms with Gasteiger partial charge in [0.1, 0.15) is 0 Å². The van der Waals surface area contributed by atoms with Gasteiger partial charge in [-0.1, -0.05) is 23.9 Å². The first-order valence-corrected chi connectivity index (χ1v) is 7.02. The van der Waals surface area contributed by atoms with Crippen LogP contribution in [0.5, 0.6) is 0 Å². The Kier molecular flexibility index (Phi) is 3.20. The summed E-state index contributed by atoms with van der Waals surface area (Å²) in [7, 11) is 0. The fourth-order valence-corrected chi connectivity index (χ4v) is 2.64. The van der Waals surface area contributed by atoms with Gasteiger partial charge in [0.2, 0.25) is 11.1 Å². The van der Waals surface area contributed by atoms with Crippen LogP contribution in [-0.2, 0) is 5.75 Å². The van der Waals surface area contributed by atoms with E-state index in [0.717, 1.165) is 29.3 Å². The molecule has 1 fully saturated rings. The number of benzene rings is 1. The minimum atomic E-state index is -0.406. The third kappa shape index (κ3) is 2.76. The molecule has 2 aromatic rings. The van der Waals surface area contributed by atoms with Crippen molar-refractivity contribution < 1.29 is 4.79 Å². The Morgan fingerprint density at radius 2 is 2.11 bits per heavy atom. The zero-order valence-corrected chi connectivity index (χ0v) is 11.0. The van der Waals surface area contributed by atoms with Crippen LogP contribution in [0.2, 0.25) is 0 Å². The predicted octanol–water partition coefficient (Wildman–Crippen LogP) is 1.40. The predicted molar refractivity (Wildman–Crippen MR) is 70.6 cm³/mol. The smallest absolute Gasteiger partial charge is 0.248 e. The summed E-state index contributed by atoms with van der Waals surface area (Å²) in [4.78, 5) is 11.0. The van der Waals surface area contributed by atoms with Crippen molar-refractivity contribution in [1.82, 2.24) is 20.2 Å². The van der Waals surface area contributed by atoms with E-state index >= 15 is 0 Å². The second-order valence-electron chi connectivity index (χ2n) is 4.49. The summed E-state index contributed by atoms with van der Waals surface area (Å²) in [5.74, 6) is 0.364. The molecule has 1 aromatic heterocycles. The van der Waals surface area contributed by atoms with Gasteiger partial charge in [-0.05, 0) is 41.0 Å². The summed E-state index contributed by atoms with van der Waals surface area (Å²) in [5.41, 5.74) is 6.84. The van der Waals surface area contributed by atoms with E-state index < -0.39 is 5.91 Å². The molecule has 0 unspecified atom stereocenters. The average Bonchev–Trinajstić information content (AvgIpc) is 3.16. The van der Waals surface area contributed by atoms with Crippen molar-refractivity contribution in [3.8, 4) is 0 Å². The maximum atomic E-state index is 11.0. The van der Waals surface area contributed by atoms with Crippen molar-refractivity contribution in [3.05, 3.63) is 35.4 Å². The van der Waals surface area contributed by atoms with Gasteiger partial charge in [-0.15, -0.1) is 5.10 Å². The van der Waals surface area contributed by atoms with Crippen molar-refractivity contribution in [2.24, 2.45) is 5.73 Å². The van der Waals surface area contributed by atoms with E-state index in [-0.39, 0.29) is 0 Å². The molecule has 3 rings (SSSR count). The molecule has 1 aliphatic rings. The minimum Gasteiger partial charge on any atom is -0.366 e. The number of tetrazole rings is 1. The number of nitrogens with two attached hydrogens (primary N) is 1. The van der Waals surface area contributed by atoms with Crippen LogP contribution in [0.1, 0.15) is 34.8 Å². The van der Waals surface area contributed by atoms with Crippen molar-refractivity contribution in [2.45, 2.75) is 29.8 Å². The van der Waals surface area contributed by atoms with Gasteiger partial charge in [0.15, 0.2) is 0 Å². The summed E-state index contributed by atoms with van der Waals surface area (Å²) >= 11 is 1.60. The Labute approximate surface area is 114 Å². The zero-order chi connectivity index (χ0) is 13.2. The number of nitrogens with zero attached hydrogens (tertiary/aromatic N) is 4. The fraction of sp³-hybridized carbons (Fsp3) is 0.333. The molecular formula is C12H13N5OS. The molecule has 0 bridgehead atoms. The quantitative estimate of drug-likeness (QED) is 0.833. The molecule has 98 valence electrons. The lowest BCUT2D eigenvalue weighted by atomic mass is 10.1. The van der Waals surface area contributed by atoms with Crippen LogP contribution >= 0.6 is 11.8 Å². The zero-order valence-electron chi connectivity index (χ0n) is 10.2. The molecule has 0 radical (unpaired) electrons. The molecule has 1 aromatic carbocycles. The van der Waals surface area contributed by atoms with Gasteiger partial charge in [-0.3, -0.25) is 4.79 Å². The van der Waals surface area contributed by atoms with Gasteiger partial charge < -0.3 is 5.73 Å². The highest BCUT2D eigenvalue weighted by atomic mass is 32.2. The molecule has 0 spiro atoms. The number of rotatable bonds is 5. The summed E-state index contributed by atoms with van der Waals surface area (Å²) in [5, 5.41) is 12.6. The van der Waals surface area contributed by atoms with Crippen LogP contribution in [0.25, 0.3) is 0 Å². The van der Waals surface area contributed by atoms with Crippen molar-refractivity contribution in [2.75, 3.05) is 0 Å². The highest BCUT2D eigenvalue weighted by molar-refractivity contribution is 7.98. The third-order valence-corrected chi connectivity index (χ3v) is 3.97. The van der Waals surface area contributed by atoms with Crippen LogP contribution < -0.4 is 5.73 Å². The number of carbonyl (C=O) groups is 1. The summed E-state index contributed by atoms with van der Waals surface area (Å²) in [6, 6.07) is 7.76. The molecule has 1 aliphatic carbocycles. The topological polar surface area (TPSA) is 86.7 Å². The van der Waals surface area contributed by atoms with E-state index in [4.69, 9.17) is 5.73 Å². The van der Waals surface area contributed by atoms with E-state index in [1.165, 1.54) is 0 Å². The van der Waals surface area contributed by atoms with Crippen LogP contribution in [0.3, 0.4) is 0 Å². The van der Waals surface area contributed by atoms with Gasteiger partial charge in [0.25, 0.3) is 0 Å². The Balaban J connectivity index is 1.65. The number of primary amides is 1. The first-order valence-electron chi connectivity index (χ1n) is 6.03. The van der Waals surface area contributed by atoms with E-state index in [0.29, 0.717) is 11.6 Å². The third-order valence-electron chi connectivity index (χ3n) is 2.96. The second kappa shape index (κ2) is 5.00. The largest absolute Gasteiger partial charge is 0.366 e. The molecule has 7 heteroatoms.